The highest BCUT2D eigenvalue weighted by atomic mass is 79.9. The molecule has 1 rings (SSSR count). The molecule has 0 fully saturated rings. The first-order valence-electron chi connectivity index (χ1n) is 5.29. The molecule has 0 bridgehead atoms. The van der Waals surface area contributed by atoms with Gasteiger partial charge in [0.25, 0.3) is 0 Å². The lowest BCUT2D eigenvalue weighted by atomic mass is 9.89. The van der Waals surface area contributed by atoms with Crippen LogP contribution in [0.2, 0.25) is 0 Å². The number of aryl methyl sites for hydroxylation is 1. The SMILES string of the molecule is CCCCCCc1cc(B(O)O)sc1Br. The van der Waals surface area contributed by atoms with Crippen LogP contribution in [-0.4, -0.2) is 17.2 Å². The third-order valence-corrected chi connectivity index (χ3v) is 4.33. The summed E-state index contributed by atoms with van der Waals surface area (Å²) in [6.45, 7) is 2.20. The predicted molar refractivity (Wildman–Crippen MR) is 69.7 cm³/mol. The zero-order valence-corrected chi connectivity index (χ0v) is 11.3. The standard InChI is InChI=1S/C10H16BBrO2S/c1-2-3-4-5-6-8-7-9(11(13)14)15-10(8)12/h7,13-14H,2-6H2,1H3. The molecule has 0 saturated heterocycles. The maximum Gasteiger partial charge on any atom is 0.499 e. The van der Waals surface area contributed by atoms with E-state index in [9.17, 15) is 0 Å². The smallest absolute Gasteiger partial charge is 0.423 e. The van der Waals surface area contributed by atoms with Crippen LogP contribution in [-0.2, 0) is 6.42 Å². The first-order chi connectivity index (χ1) is 7.15. The van der Waals surface area contributed by atoms with Gasteiger partial charge in [-0.25, -0.2) is 0 Å². The van der Waals surface area contributed by atoms with Crippen molar-refractivity contribution >= 4 is 39.2 Å². The lowest BCUT2D eigenvalue weighted by Crippen LogP contribution is -2.26. The van der Waals surface area contributed by atoms with E-state index in [1.807, 2.05) is 6.07 Å². The minimum atomic E-state index is -1.34. The third-order valence-electron chi connectivity index (χ3n) is 2.33. The van der Waals surface area contributed by atoms with E-state index in [4.69, 9.17) is 10.0 Å². The Labute approximate surface area is 104 Å². The van der Waals surface area contributed by atoms with Crippen LogP contribution in [0, 0.1) is 0 Å². The van der Waals surface area contributed by atoms with Gasteiger partial charge in [0.15, 0.2) is 0 Å². The normalized spacial score (nSPS) is 10.7. The van der Waals surface area contributed by atoms with E-state index in [2.05, 4.69) is 22.9 Å². The summed E-state index contributed by atoms with van der Waals surface area (Å²) in [6, 6.07) is 1.88. The number of rotatable bonds is 6. The minimum absolute atomic E-state index is 0.618. The zero-order valence-electron chi connectivity index (χ0n) is 8.87. The molecule has 0 unspecified atom stereocenters. The van der Waals surface area contributed by atoms with Crippen LogP contribution in [0.4, 0.5) is 0 Å². The molecule has 2 nitrogen and oxygen atoms in total. The van der Waals surface area contributed by atoms with Gasteiger partial charge in [0.2, 0.25) is 0 Å². The van der Waals surface area contributed by atoms with Crippen molar-refractivity contribution in [3.8, 4) is 0 Å². The van der Waals surface area contributed by atoms with Gasteiger partial charge < -0.3 is 10.0 Å². The second kappa shape index (κ2) is 6.68. The number of hydrogen-bond acceptors (Lipinski definition) is 3. The van der Waals surface area contributed by atoms with Gasteiger partial charge in [0.1, 0.15) is 0 Å². The van der Waals surface area contributed by atoms with Crippen LogP contribution in [0.3, 0.4) is 0 Å². The molecule has 0 aromatic carbocycles. The van der Waals surface area contributed by atoms with E-state index in [0.717, 1.165) is 10.2 Å². The Bertz CT molecular complexity index is 302. The molecule has 1 aromatic rings. The lowest BCUT2D eigenvalue weighted by molar-refractivity contribution is 0.427. The second-order valence-corrected chi connectivity index (χ2v) is 6.03. The summed E-state index contributed by atoms with van der Waals surface area (Å²) in [6.07, 6.45) is 5.95. The van der Waals surface area contributed by atoms with E-state index >= 15 is 0 Å². The van der Waals surface area contributed by atoms with E-state index in [1.54, 1.807) is 0 Å². The Morgan fingerprint density at radius 3 is 2.60 bits per heavy atom. The Morgan fingerprint density at radius 2 is 2.07 bits per heavy atom. The summed E-state index contributed by atoms with van der Waals surface area (Å²) in [5, 5.41) is 18.0. The number of halogens is 1. The first-order valence-corrected chi connectivity index (χ1v) is 6.90. The second-order valence-electron chi connectivity index (χ2n) is 3.63. The third kappa shape index (κ3) is 4.27. The highest BCUT2D eigenvalue weighted by molar-refractivity contribution is 9.11. The predicted octanol–water partition coefficient (Wildman–Crippen LogP) is 2.31. The van der Waals surface area contributed by atoms with Gasteiger partial charge in [0, 0.05) is 4.78 Å². The molecule has 0 aliphatic carbocycles. The van der Waals surface area contributed by atoms with Gasteiger partial charge in [0.05, 0.1) is 3.79 Å². The minimum Gasteiger partial charge on any atom is -0.423 e. The summed E-state index contributed by atoms with van der Waals surface area (Å²) in [5.74, 6) is 0. The Hall–Kier alpha value is 0.165. The fourth-order valence-electron chi connectivity index (χ4n) is 1.47. The van der Waals surface area contributed by atoms with Crippen LogP contribution < -0.4 is 4.78 Å². The van der Waals surface area contributed by atoms with Crippen molar-refractivity contribution in [1.82, 2.24) is 0 Å². The lowest BCUT2D eigenvalue weighted by Gasteiger charge is -1.98. The number of hydrogen-bond donors (Lipinski definition) is 2. The van der Waals surface area contributed by atoms with Crippen molar-refractivity contribution in [3.05, 3.63) is 15.4 Å². The molecular formula is C10H16BBrO2S. The van der Waals surface area contributed by atoms with Gasteiger partial charge in [-0.05, 0) is 40.4 Å². The average Bonchev–Trinajstić information content (AvgIpc) is 2.55. The maximum absolute atomic E-state index is 9.02. The fraction of sp³-hybridized carbons (Fsp3) is 0.600. The highest BCUT2D eigenvalue weighted by Gasteiger charge is 2.16. The van der Waals surface area contributed by atoms with Gasteiger partial charge in [-0.15, -0.1) is 11.3 Å². The summed E-state index contributed by atoms with van der Waals surface area (Å²) >= 11 is 4.85. The molecule has 0 aliphatic rings. The molecule has 15 heavy (non-hydrogen) atoms. The van der Waals surface area contributed by atoms with Crippen molar-refractivity contribution in [1.29, 1.82) is 0 Å². The molecule has 0 spiro atoms. The van der Waals surface area contributed by atoms with E-state index in [1.165, 1.54) is 42.6 Å². The summed E-state index contributed by atoms with van der Waals surface area (Å²) in [7, 11) is -1.34. The molecule has 0 amide bonds. The summed E-state index contributed by atoms with van der Waals surface area (Å²) in [5.41, 5.74) is 1.19. The molecule has 1 heterocycles. The van der Waals surface area contributed by atoms with Gasteiger partial charge in [-0.3, -0.25) is 0 Å². The largest absolute Gasteiger partial charge is 0.499 e. The van der Waals surface area contributed by atoms with Gasteiger partial charge >= 0.3 is 7.12 Å². The molecule has 84 valence electrons. The maximum atomic E-state index is 9.02. The molecule has 1 aromatic heterocycles. The van der Waals surface area contributed by atoms with Crippen LogP contribution in [0.1, 0.15) is 38.2 Å². The van der Waals surface area contributed by atoms with Crippen LogP contribution in [0.5, 0.6) is 0 Å². The first kappa shape index (κ1) is 13.2. The molecule has 0 saturated carbocycles. The average molecular weight is 291 g/mol. The van der Waals surface area contributed by atoms with Crippen molar-refractivity contribution in [2.24, 2.45) is 0 Å². The Balaban J connectivity index is 2.46. The van der Waals surface area contributed by atoms with Crippen molar-refractivity contribution in [2.45, 2.75) is 39.0 Å². The van der Waals surface area contributed by atoms with E-state index < -0.39 is 7.12 Å². The van der Waals surface area contributed by atoms with E-state index in [0.29, 0.717) is 4.78 Å². The van der Waals surface area contributed by atoms with Crippen molar-refractivity contribution in [3.63, 3.8) is 0 Å². The Morgan fingerprint density at radius 1 is 1.33 bits per heavy atom. The molecule has 0 atom stereocenters. The molecule has 2 N–H and O–H groups in total. The topological polar surface area (TPSA) is 40.5 Å². The van der Waals surface area contributed by atoms with Crippen LogP contribution in [0.25, 0.3) is 0 Å². The monoisotopic (exact) mass is 290 g/mol. The fourth-order valence-corrected chi connectivity index (χ4v) is 3.15. The zero-order chi connectivity index (χ0) is 11.3. The quantitative estimate of drug-likeness (QED) is 0.623. The number of thiophene rings is 1. The van der Waals surface area contributed by atoms with Crippen molar-refractivity contribution in [2.75, 3.05) is 0 Å². The molecular weight excluding hydrogens is 275 g/mol. The van der Waals surface area contributed by atoms with Crippen molar-refractivity contribution < 1.29 is 10.0 Å². The Kier molecular flexibility index (Phi) is 5.90. The molecule has 0 radical (unpaired) electrons. The molecule has 0 aliphatic heterocycles. The highest BCUT2D eigenvalue weighted by Crippen LogP contribution is 2.24. The van der Waals surface area contributed by atoms with E-state index in [-0.39, 0.29) is 0 Å². The van der Waals surface area contributed by atoms with Gasteiger partial charge in [-0.2, -0.15) is 0 Å². The summed E-state index contributed by atoms with van der Waals surface area (Å²) < 4.78 is 1.65. The summed E-state index contributed by atoms with van der Waals surface area (Å²) in [4.78, 5) is 0. The van der Waals surface area contributed by atoms with Crippen LogP contribution in [0.15, 0.2) is 9.85 Å². The number of unbranched alkanes of at least 4 members (excludes halogenated alkanes) is 3. The van der Waals surface area contributed by atoms with Crippen LogP contribution >= 0.6 is 27.3 Å². The molecule has 5 heteroatoms. The van der Waals surface area contributed by atoms with Gasteiger partial charge in [-0.1, -0.05) is 26.2 Å².